The van der Waals surface area contributed by atoms with Gasteiger partial charge in [-0.25, -0.2) is 13.4 Å². The molecular weight excluding hydrogens is 418 g/mol. The van der Waals surface area contributed by atoms with Crippen LogP contribution in [0.4, 0.5) is 5.69 Å². The number of nitrogens with zero attached hydrogens (tertiary/aromatic N) is 2. The fraction of sp³-hybridized carbons (Fsp3) is 0.182. The fourth-order valence-corrected chi connectivity index (χ4v) is 4.00. The van der Waals surface area contributed by atoms with Crippen LogP contribution in [0.15, 0.2) is 76.4 Å². The van der Waals surface area contributed by atoms with Crippen LogP contribution in [0.3, 0.4) is 0 Å². The molecule has 0 saturated heterocycles. The van der Waals surface area contributed by atoms with Gasteiger partial charge in [0.1, 0.15) is 5.75 Å². The number of sulfonamides is 1. The minimum Gasteiger partial charge on any atom is -0.497 e. The van der Waals surface area contributed by atoms with Crippen molar-refractivity contribution in [2.45, 2.75) is 12.5 Å². The smallest absolute Gasteiger partial charge is 0.310 e. The molecule has 0 radical (unpaired) electrons. The van der Waals surface area contributed by atoms with Crippen molar-refractivity contribution in [3.8, 4) is 5.75 Å². The molecule has 3 aromatic rings. The van der Waals surface area contributed by atoms with Crippen molar-refractivity contribution in [2.75, 3.05) is 18.1 Å². The lowest BCUT2D eigenvalue weighted by atomic mass is 9.98. The van der Waals surface area contributed by atoms with Crippen LogP contribution in [0.5, 0.6) is 5.75 Å². The summed E-state index contributed by atoms with van der Waals surface area (Å²) in [7, 11) is -1.77. The van der Waals surface area contributed by atoms with E-state index >= 15 is 0 Å². The molecular formula is C22H21N3O5S. The molecule has 1 aromatic heterocycles. The number of anilines is 1. The van der Waals surface area contributed by atoms with E-state index in [9.17, 15) is 13.2 Å². The zero-order valence-electron chi connectivity index (χ0n) is 17.0. The number of hydrogen-bond donors (Lipinski definition) is 1. The van der Waals surface area contributed by atoms with E-state index in [0.717, 1.165) is 17.4 Å². The third kappa shape index (κ3) is 4.61. The van der Waals surface area contributed by atoms with Crippen LogP contribution in [-0.4, -0.2) is 38.4 Å². The largest absolute Gasteiger partial charge is 0.497 e. The van der Waals surface area contributed by atoms with Gasteiger partial charge in [-0.3, -0.25) is 9.52 Å². The molecule has 8 nitrogen and oxygen atoms in total. The first-order valence-corrected chi connectivity index (χ1v) is 11.4. The Labute approximate surface area is 180 Å². The summed E-state index contributed by atoms with van der Waals surface area (Å²) in [4.78, 5) is 13.1. The Morgan fingerprint density at radius 3 is 2.58 bits per heavy atom. The first kappa shape index (κ1) is 20.7. The van der Waals surface area contributed by atoms with Gasteiger partial charge in [-0.1, -0.05) is 24.3 Å². The number of nitrogens with one attached hydrogen (secondary N) is 1. The summed E-state index contributed by atoms with van der Waals surface area (Å²) >= 11 is 0. The molecule has 0 unspecified atom stereocenters. The van der Waals surface area contributed by atoms with Crippen molar-refractivity contribution in [1.29, 1.82) is 0 Å². The Morgan fingerprint density at radius 2 is 1.94 bits per heavy atom. The van der Waals surface area contributed by atoms with Gasteiger partial charge in [0.15, 0.2) is 5.76 Å². The van der Waals surface area contributed by atoms with Crippen molar-refractivity contribution in [3.63, 3.8) is 0 Å². The zero-order chi connectivity index (χ0) is 22.0. The summed E-state index contributed by atoms with van der Waals surface area (Å²) in [6.07, 6.45) is 3.03. The molecule has 2 aromatic carbocycles. The molecule has 0 aliphatic carbocycles. The highest BCUT2D eigenvalue weighted by molar-refractivity contribution is 7.92. The third-order valence-electron chi connectivity index (χ3n) is 4.85. The summed E-state index contributed by atoms with van der Waals surface area (Å²) in [6.45, 7) is 0. The second-order valence-electron chi connectivity index (χ2n) is 7.12. The summed E-state index contributed by atoms with van der Waals surface area (Å²) in [5.41, 5.74) is 2.84. The predicted molar refractivity (Wildman–Crippen MR) is 117 cm³/mol. The number of hydrogen-bond acceptors (Lipinski definition) is 6. The van der Waals surface area contributed by atoms with Crippen LogP contribution in [-0.2, 0) is 10.0 Å². The van der Waals surface area contributed by atoms with Crippen LogP contribution in [0, 0.1) is 0 Å². The van der Waals surface area contributed by atoms with Gasteiger partial charge in [0.05, 0.1) is 31.4 Å². The topological polar surface area (TPSA) is 101 Å². The number of benzene rings is 2. The first-order valence-electron chi connectivity index (χ1n) is 9.51. The lowest BCUT2D eigenvalue weighted by Gasteiger charge is -2.21. The maximum absolute atomic E-state index is 13.1. The lowest BCUT2D eigenvalue weighted by molar-refractivity contribution is 0.0678. The summed E-state index contributed by atoms with van der Waals surface area (Å²) in [5, 5.41) is 6.01. The molecule has 0 spiro atoms. The number of furan rings is 1. The average Bonchev–Trinajstić information content (AvgIpc) is 3.43. The third-order valence-corrected chi connectivity index (χ3v) is 5.46. The second-order valence-corrected chi connectivity index (χ2v) is 8.87. The van der Waals surface area contributed by atoms with Gasteiger partial charge in [-0.15, -0.1) is 0 Å². The summed E-state index contributed by atoms with van der Waals surface area (Å²) in [5.74, 6) is 0.543. The number of carbonyl (C=O) groups is 1. The fourth-order valence-electron chi connectivity index (χ4n) is 3.44. The van der Waals surface area contributed by atoms with Gasteiger partial charge < -0.3 is 9.15 Å². The van der Waals surface area contributed by atoms with E-state index in [1.165, 1.54) is 11.3 Å². The number of hydrazone groups is 1. The molecule has 1 atom stereocenters. The monoisotopic (exact) mass is 439 g/mol. The van der Waals surface area contributed by atoms with Crippen LogP contribution >= 0.6 is 0 Å². The highest BCUT2D eigenvalue weighted by Gasteiger charge is 2.35. The van der Waals surface area contributed by atoms with Crippen LogP contribution in [0.1, 0.15) is 34.1 Å². The van der Waals surface area contributed by atoms with Gasteiger partial charge in [0.2, 0.25) is 10.0 Å². The van der Waals surface area contributed by atoms with Gasteiger partial charge in [-0.05, 0) is 47.5 Å². The Kier molecular flexibility index (Phi) is 5.51. The van der Waals surface area contributed by atoms with E-state index in [2.05, 4.69) is 9.82 Å². The normalized spacial score (nSPS) is 16.1. The predicted octanol–water partition coefficient (Wildman–Crippen LogP) is 3.65. The Hall–Kier alpha value is -3.59. The molecule has 160 valence electrons. The van der Waals surface area contributed by atoms with E-state index in [-0.39, 0.29) is 17.7 Å². The SMILES string of the molecule is COc1cccc([C@@H]2CC(c3ccc(NS(C)(=O)=O)cc3)=NN2C(=O)c2ccco2)c1. The molecule has 1 aliphatic heterocycles. The first-order chi connectivity index (χ1) is 14.8. The van der Waals surface area contributed by atoms with Gasteiger partial charge in [0, 0.05) is 12.1 Å². The van der Waals surface area contributed by atoms with Gasteiger partial charge in [0.25, 0.3) is 0 Å². The minimum absolute atomic E-state index is 0.200. The quantitative estimate of drug-likeness (QED) is 0.632. The summed E-state index contributed by atoms with van der Waals surface area (Å²) in [6, 6.07) is 17.3. The van der Waals surface area contributed by atoms with E-state index in [1.807, 2.05) is 24.3 Å². The molecule has 1 aliphatic rings. The van der Waals surface area contributed by atoms with Crippen molar-refractivity contribution in [1.82, 2.24) is 5.01 Å². The molecule has 0 bridgehead atoms. The molecule has 1 amide bonds. The zero-order valence-corrected chi connectivity index (χ0v) is 17.8. The van der Waals surface area contributed by atoms with Crippen LogP contribution in [0.25, 0.3) is 0 Å². The number of methoxy groups -OCH3 is 1. The molecule has 2 heterocycles. The summed E-state index contributed by atoms with van der Waals surface area (Å²) < 4.78 is 35.9. The van der Waals surface area contributed by atoms with Crippen molar-refractivity contribution in [3.05, 3.63) is 83.8 Å². The van der Waals surface area contributed by atoms with Gasteiger partial charge >= 0.3 is 5.91 Å². The molecule has 0 saturated carbocycles. The van der Waals surface area contributed by atoms with E-state index in [4.69, 9.17) is 9.15 Å². The lowest BCUT2D eigenvalue weighted by Crippen LogP contribution is -2.26. The number of ether oxygens (including phenoxy) is 1. The number of rotatable bonds is 6. The molecule has 4 rings (SSSR count). The highest BCUT2D eigenvalue weighted by Crippen LogP contribution is 2.35. The number of amides is 1. The Balaban J connectivity index is 1.67. The standard InChI is InChI=1S/C22H21N3O5S/c1-29-18-6-3-5-16(13-18)20-14-19(23-25(20)22(26)21-7-4-12-30-21)15-8-10-17(11-9-15)24-31(2,27)28/h3-13,20,24H,14H2,1-2H3/t20-/m0/s1. The molecule has 1 N–H and O–H groups in total. The van der Waals surface area contributed by atoms with E-state index in [1.54, 1.807) is 43.5 Å². The second kappa shape index (κ2) is 8.27. The molecule has 9 heteroatoms. The Bertz CT molecular complexity index is 1220. The van der Waals surface area contributed by atoms with E-state index in [0.29, 0.717) is 23.6 Å². The minimum atomic E-state index is -3.36. The molecule has 31 heavy (non-hydrogen) atoms. The Morgan fingerprint density at radius 1 is 1.16 bits per heavy atom. The highest BCUT2D eigenvalue weighted by atomic mass is 32.2. The maximum atomic E-state index is 13.1. The van der Waals surface area contributed by atoms with Crippen molar-refractivity contribution < 1.29 is 22.4 Å². The van der Waals surface area contributed by atoms with Gasteiger partial charge in [-0.2, -0.15) is 5.10 Å². The van der Waals surface area contributed by atoms with Crippen LogP contribution < -0.4 is 9.46 Å². The molecule has 0 fully saturated rings. The average molecular weight is 439 g/mol. The van der Waals surface area contributed by atoms with Crippen molar-refractivity contribution in [2.24, 2.45) is 5.10 Å². The van der Waals surface area contributed by atoms with E-state index < -0.39 is 10.0 Å². The van der Waals surface area contributed by atoms with Crippen molar-refractivity contribution >= 4 is 27.3 Å². The number of carbonyl (C=O) groups excluding carboxylic acids is 1. The maximum Gasteiger partial charge on any atom is 0.310 e. The van der Waals surface area contributed by atoms with Crippen LogP contribution in [0.2, 0.25) is 0 Å².